The summed E-state index contributed by atoms with van der Waals surface area (Å²) in [5.74, 6) is 0. The SMILES string of the molecule is CC.CN1C=C(N)CC1. The maximum atomic E-state index is 5.44. The third-order valence-electron chi connectivity index (χ3n) is 1.14. The highest BCUT2D eigenvalue weighted by molar-refractivity contribution is 5.01. The Labute approximate surface area is 57.3 Å². The molecule has 0 fully saturated rings. The number of nitrogens with zero attached hydrogens (tertiary/aromatic N) is 1. The average molecular weight is 128 g/mol. The monoisotopic (exact) mass is 128 g/mol. The normalized spacial score (nSPS) is 16.3. The van der Waals surface area contributed by atoms with Crippen LogP contribution >= 0.6 is 0 Å². The van der Waals surface area contributed by atoms with E-state index in [1.54, 1.807) is 0 Å². The molecule has 0 aromatic heterocycles. The standard InChI is InChI=1S/C5H10N2.C2H6/c1-7-3-2-5(6)4-7;1-2/h4H,2-3,6H2,1H3;1-2H3. The molecule has 54 valence electrons. The smallest absolute Gasteiger partial charge is 0.0260 e. The summed E-state index contributed by atoms with van der Waals surface area (Å²) in [6.07, 6.45) is 3.01. The molecule has 1 aliphatic rings. The van der Waals surface area contributed by atoms with Gasteiger partial charge in [0.25, 0.3) is 0 Å². The van der Waals surface area contributed by atoms with Gasteiger partial charge in [0.1, 0.15) is 0 Å². The molecule has 0 aromatic rings. The maximum Gasteiger partial charge on any atom is 0.0260 e. The summed E-state index contributed by atoms with van der Waals surface area (Å²) in [6, 6.07) is 0. The molecule has 1 heterocycles. The first-order valence-corrected chi connectivity index (χ1v) is 3.45. The zero-order chi connectivity index (χ0) is 7.28. The predicted molar refractivity (Wildman–Crippen MR) is 40.9 cm³/mol. The van der Waals surface area contributed by atoms with Crippen molar-refractivity contribution >= 4 is 0 Å². The van der Waals surface area contributed by atoms with Crippen LogP contribution in [0.2, 0.25) is 0 Å². The molecule has 1 rings (SSSR count). The molecule has 0 spiro atoms. The Hall–Kier alpha value is -0.660. The number of hydrogen-bond acceptors (Lipinski definition) is 2. The first-order chi connectivity index (χ1) is 4.29. The molecule has 0 radical (unpaired) electrons. The van der Waals surface area contributed by atoms with Gasteiger partial charge in [0.2, 0.25) is 0 Å². The predicted octanol–water partition coefficient (Wildman–Crippen LogP) is 1.15. The van der Waals surface area contributed by atoms with Gasteiger partial charge in [0, 0.05) is 31.9 Å². The van der Waals surface area contributed by atoms with E-state index >= 15 is 0 Å². The van der Waals surface area contributed by atoms with Gasteiger partial charge in [-0.05, 0) is 0 Å². The molecule has 0 saturated carbocycles. The Morgan fingerprint density at radius 2 is 2.11 bits per heavy atom. The Kier molecular flexibility index (Phi) is 3.93. The molecule has 2 N–H and O–H groups in total. The second-order valence-corrected chi connectivity index (χ2v) is 1.93. The van der Waals surface area contributed by atoms with Crippen molar-refractivity contribution in [1.29, 1.82) is 0 Å². The maximum absolute atomic E-state index is 5.44. The molecule has 2 heteroatoms. The van der Waals surface area contributed by atoms with Crippen LogP contribution < -0.4 is 5.73 Å². The van der Waals surface area contributed by atoms with E-state index in [0.717, 1.165) is 18.7 Å². The van der Waals surface area contributed by atoms with Crippen molar-refractivity contribution in [2.24, 2.45) is 5.73 Å². The lowest BCUT2D eigenvalue weighted by Crippen LogP contribution is -2.04. The van der Waals surface area contributed by atoms with E-state index < -0.39 is 0 Å². The number of rotatable bonds is 0. The molecule has 2 nitrogen and oxygen atoms in total. The van der Waals surface area contributed by atoms with Crippen LogP contribution in [0.5, 0.6) is 0 Å². The summed E-state index contributed by atoms with van der Waals surface area (Å²) in [6.45, 7) is 5.09. The molecule has 0 bridgehead atoms. The zero-order valence-corrected chi connectivity index (χ0v) is 6.52. The van der Waals surface area contributed by atoms with Crippen molar-refractivity contribution in [3.63, 3.8) is 0 Å². The Morgan fingerprint density at radius 3 is 2.22 bits per heavy atom. The van der Waals surface area contributed by atoms with Crippen LogP contribution in [0.3, 0.4) is 0 Å². The summed E-state index contributed by atoms with van der Waals surface area (Å²) in [5, 5.41) is 0. The van der Waals surface area contributed by atoms with Gasteiger partial charge < -0.3 is 10.6 Å². The molecule has 0 aliphatic carbocycles. The summed E-state index contributed by atoms with van der Waals surface area (Å²) in [7, 11) is 2.03. The fourth-order valence-corrected chi connectivity index (χ4v) is 0.718. The van der Waals surface area contributed by atoms with Gasteiger partial charge in [-0.25, -0.2) is 0 Å². The molecular weight excluding hydrogens is 112 g/mol. The highest BCUT2D eigenvalue weighted by Crippen LogP contribution is 2.04. The van der Waals surface area contributed by atoms with Crippen LogP contribution in [0.1, 0.15) is 20.3 Å². The van der Waals surface area contributed by atoms with E-state index in [2.05, 4.69) is 4.90 Å². The van der Waals surface area contributed by atoms with E-state index in [1.165, 1.54) is 0 Å². The summed E-state index contributed by atoms with van der Waals surface area (Å²) < 4.78 is 0. The summed E-state index contributed by atoms with van der Waals surface area (Å²) >= 11 is 0. The van der Waals surface area contributed by atoms with Crippen molar-refractivity contribution < 1.29 is 0 Å². The van der Waals surface area contributed by atoms with Crippen LogP contribution in [0.4, 0.5) is 0 Å². The first kappa shape index (κ1) is 8.34. The van der Waals surface area contributed by atoms with E-state index in [-0.39, 0.29) is 0 Å². The van der Waals surface area contributed by atoms with E-state index in [4.69, 9.17) is 5.73 Å². The third-order valence-corrected chi connectivity index (χ3v) is 1.14. The van der Waals surface area contributed by atoms with Crippen LogP contribution in [-0.2, 0) is 0 Å². The van der Waals surface area contributed by atoms with Gasteiger partial charge in [0.15, 0.2) is 0 Å². The van der Waals surface area contributed by atoms with Crippen LogP contribution in [-0.4, -0.2) is 18.5 Å². The Balaban J connectivity index is 0.000000291. The van der Waals surface area contributed by atoms with Crippen molar-refractivity contribution in [2.75, 3.05) is 13.6 Å². The largest absolute Gasteiger partial charge is 0.401 e. The van der Waals surface area contributed by atoms with Gasteiger partial charge in [-0.1, -0.05) is 13.8 Å². The lowest BCUT2D eigenvalue weighted by Gasteiger charge is -2.01. The van der Waals surface area contributed by atoms with Crippen molar-refractivity contribution in [3.05, 3.63) is 11.9 Å². The zero-order valence-electron chi connectivity index (χ0n) is 6.52. The summed E-state index contributed by atoms with van der Waals surface area (Å²) in [5.41, 5.74) is 6.45. The Morgan fingerprint density at radius 1 is 1.56 bits per heavy atom. The van der Waals surface area contributed by atoms with Crippen molar-refractivity contribution in [2.45, 2.75) is 20.3 Å². The molecule has 1 aliphatic heterocycles. The molecule has 0 unspecified atom stereocenters. The third kappa shape index (κ3) is 3.01. The minimum atomic E-state index is 1.00. The topological polar surface area (TPSA) is 29.3 Å². The van der Waals surface area contributed by atoms with Crippen molar-refractivity contribution in [3.8, 4) is 0 Å². The second kappa shape index (κ2) is 4.24. The van der Waals surface area contributed by atoms with Gasteiger partial charge in [-0.15, -0.1) is 0 Å². The second-order valence-electron chi connectivity index (χ2n) is 1.93. The van der Waals surface area contributed by atoms with Crippen LogP contribution in [0.25, 0.3) is 0 Å². The van der Waals surface area contributed by atoms with Gasteiger partial charge >= 0.3 is 0 Å². The quantitative estimate of drug-likeness (QED) is 0.530. The van der Waals surface area contributed by atoms with Crippen LogP contribution in [0.15, 0.2) is 11.9 Å². The lowest BCUT2D eigenvalue weighted by molar-refractivity contribution is 0.496. The molecule has 0 amide bonds. The molecule has 0 atom stereocenters. The molecule has 0 saturated heterocycles. The number of nitrogens with two attached hydrogens (primary N) is 1. The fraction of sp³-hybridized carbons (Fsp3) is 0.714. The molecule has 9 heavy (non-hydrogen) atoms. The Bertz CT molecular complexity index is 97.1. The average Bonchev–Trinajstić information content (AvgIpc) is 2.20. The molecule has 0 aromatic carbocycles. The van der Waals surface area contributed by atoms with E-state index in [0.29, 0.717) is 0 Å². The highest BCUT2D eigenvalue weighted by atomic mass is 15.1. The van der Waals surface area contributed by atoms with Gasteiger partial charge in [-0.3, -0.25) is 0 Å². The highest BCUT2D eigenvalue weighted by Gasteiger charge is 2.02. The van der Waals surface area contributed by atoms with Crippen molar-refractivity contribution in [1.82, 2.24) is 4.90 Å². The minimum Gasteiger partial charge on any atom is -0.401 e. The number of hydrogen-bond donors (Lipinski definition) is 1. The molecular formula is C7H16N2. The lowest BCUT2D eigenvalue weighted by atomic mass is 10.4. The minimum absolute atomic E-state index is 1.00. The van der Waals surface area contributed by atoms with Gasteiger partial charge in [0.05, 0.1) is 0 Å². The van der Waals surface area contributed by atoms with Gasteiger partial charge in [-0.2, -0.15) is 0 Å². The van der Waals surface area contributed by atoms with E-state index in [1.807, 2.05) is 27.1 Å². The van der Waals surface area contributed by atoms with Crippen LogP contribution in [0, 0.1) is 0 Å². The summed E-state index contributed by atoms with van der Waals surface area (Å²) in [4.78, 5) is 2.09. The first-order valence-electron chi connectivity index (χ1n) is 3.45. The fourth-order valence-electron chi connectivity index (χ4n) is 0.718. The van der Waals surface area contributed by atoms with E-state index in [9.17, 15) is 0 Å².